The summed E-state index contributed by atoms with van der Waals surface area (Å²) in [4.78, 5) is 6.47. The molecule has 0 aliphatic carbocycles. The van der Waals surface area contributed by atoms with Crippen LogP contribution in [0.5, 0.6) is 0 Å². The summed E-state index contributed by atoms with van der Waals surface area (Å²) in [5, 5.41) is 7.93. The van der Waals surface area contributed by atoms with Crippen LogP contribution in [0, 0.1) is 0 Å². The smallest absolute Gasteiger partial charge is 0.208 e. The van der Waals surface area contributed by atoms with E-state index in [4.69, 9.17) is 5.84 Å². The molecule has 1 aromatic heterocycles. The second-order valence-corrected chi connectivity index (χ2v) is 3.71. The van der Waals surface area contributed by atoms with Gasteiger partial charge in [0.25, 0.3) is 0 Å². The largest absolute Gasteiger partial charge is 0.333 e. The lowest BCUT2D eigenvalue weighted by Gasteiger charge is -2.29. The van der Waals surface area contributed by atoms with E-state index < -0.39 is 0 Å². The summed E-state index contributed by atoms with van der Waals surface area (Å²) in [6.07, 6.45) is 2.76. The highest BCUT2D eigenvalue weighted by molar-refractivity contribution is 5.79. The molecule has 16 heavy (non-hydrogen) atoms. The Morgan fingerprint density at radius 3 is 3.25 bits per heavy atom. The van der Waals surface area contributed by atoms with Gasteiger partial charge < -0.3 is 9.47 Å². The fourth-order valence-electron chi connectivity index (χ4n) is 1.70. The second-order valence-electron chi connectivity index (χ2n) is 3.71. The van der Waals surface area contributed by atoms with Crippen molar-refractivity contribution in [2.45, 2.75) is 26.4 Å². The van der Waals surface area contributed by atoms with Gasteiger partial charge in [-0.2, -0.15) is 0 Å². The number of rotatable bonds is 2. The van der Waals surface area contributed by atoms with Crippen LogP contribution in [0.2, 0.25) is 0 Å². The standard InChI is InChI=1S/C9H17N7/c1-2-3-11-9(13-10)15-4-5-16-7-12-14-8(16)6-15/h7H,2-6,10H2,1H3,(H,11,13). The van der Waals surface area contributed by atoms with E-state index in [0.717, 1.165) is 37.8 Å². The summed E-state index contributed by atoms with van der Waals surface area (Å²) < 4.78 is 2.05. The number of fused-ring (bicyclic) bond motifs is 1. The van der Waals surface area contributed by atoms with E-state index in [2.05, 4.69) is 32.4 Å². The zero-order chi connectivity index (χ0) is 11.4. The van der Waals surface area contributed by atoms with E-state index in [0.29, 0.717) is 6.54 Å². The Labute approximate surface area is 94.3 Å². The van der Waals surface area contributed by atoms with Gasteiger partial charge >= 0.3 is 0 Å². The van der Waals surface area contributed by atoms with Crippen LogP contribution in [0.15, 0.2) is 11.3 Å². The Hall–Kier alpha value is -1.63. The molecule has 0 saturated heterocycles. The number of aromatic nitrogens is 3. The maximum Gasteiger partial charge on any atom is 0.208 e. The molecule has 88 valence electrons. The number of hydrogen-bond donors (Lipinski definition) is 2. The van der Waals surface area contributed by atoms with Crippen molar-refractivity contribution in [3.8, 4) is 0 Å². The van der Waals surface area contributed by atoms with Crippen molar-refractivity contribution in [2.24, 2.45) is 10.8 Å². The number of hydrazine groups is 1. The maximum absolute atomic E-state index is 5.47. The van der Waals surface area contributed by atoms with Crippen molar-refractivity contribution < 1.29 is 0 Å². The molecule has 1 aromatic rings. The first-order chi connectivity index (χ1) is 7.85. The summed E-state index contributed by atoms with van der Waals surface area (Å²) >= 11 is 0. The molecule has 2 heterocycles. The Balaban J connectivity index is 2.06. The molecular weight excluding hydrogens is 206 g/mol. The Kier molecular flexibility index (Phi) is 3.35. The number of nitrogens with two attached hydrogens (primary N) is 1. The van der Waals surface area contributed by atoms with E-state index in [-0.39, 0.29) is 0 Å². The van der Waals surface area contributed by atoms with Crippen LogP contribution in [-0.2, 0) is 13.1 Å². The Bertz CT molecular complexity index is 370. The number of aliphatic imine (C=N–C) groups is 1. The second kappa shape index (κ2) is 4.93. The van der Waals surface area contributed by atoms with Crippen molar-refractivity contribution in [3.05, 3.63) is 12.2 Å². The van der Waals surface area contributed by atoms with Crippen LogP contribution < -0.4 is 11.3 Å². The van der Waals surface area contributed by atoms with Crippen LogP contribution in [0.1, 0.15) is 19.2 Å². The van der Waals surface area contributed by atoms with Crippen molar-refractivity contribution in [3.63, 3.8) is 0 Å². The lowest BCUT2D eigenvalue weighted by Crippen LogP contribution is -2.48. The van der Waals surface area contributed by atoms with E-state index in [1.165, 1.54) is 0 Å². The molecule has 0 bridgehead atoms. The molecule has 7 heteroatoms. The van der Waals surface area contributed by atoms with Crippen LogP contribution >= 0.6 is 0 Å². The number of hydrogen-bond acceptors (Lipinski definition) is 4. The van der Waals surface area contributed by atoms with Gasteiger partial charge in [0.2, 0.25) is 5.96 Å². The predicted octanol–water partition coefficient (Wildman–Crippen LogP) is -0.677. The van der Waals surface area contributed by atoms with Gasteiger partial charge in [0.05, 0.1) is 6.54 Å². The summed E-state index contributed by atoms with van der Waals surface area (Å²) in [5.74, 6) is 7.16. The molecule has 0 atom stereocenters. The van der Waals surface area contributed by atoms with E-state index in [9.17, 15) is 0 Å². The highest BCUT2D eigenvalue weighted by atomic mass is 15.4. The third-order valence-corrected chi connectivity index (χ3v) is 2.55. The van der Waals surface area contributed by atoms with E-state index >= 15 is 0 Å². The van der Waals surface area contributed by atoms with Crippen molar-refractivity contribution in [1.82, 2.24) is 25.1 Å². The summed E-state index contributed by atoms with van der Waals surface area (Å²) in [5.41, 5.74) is 2.65. The summed E-state index contributed by atoms with van der Waals surface area (Å²) in [6.45, 7) is 5.31. The molecule has 0 radical (unpaired) electrons. The van der Waals surface area contributed by atoms with Gasteiger partial charge in [-0.25, -0.2) is 5.84 Å². The zero-order valence-electron chi connectivity index (χ0n) is 9.43. The Morgan fingerprint density at radius 2 is 2.50 bits per heavy atom. The van der Waals surface area contributed by atoms with Gasteiger partial charge in [-0.15, -0.1) is 10.2 Å². The van der Waals surface area contributed by atoms with Crippen molar-refractivity contribution in [2.75, 3.05) is 13.1 Å². The van der Waals surface area contributed by atoms with Crippen LogP contribution in [0.3, 0.4) is 0 Å². The highest BCUT2D eigenvalue weighted by Gasteiger charge is 2.19. The highest BCUT2D eigenvalue weighted by Crippen LogP contribution is 2.08. The molecule has 0 saturated carbocycles. The van der Waals surface area contributed by atoms with Gasteiger partial charge in [-0.05, 0) is 6.42 Å². The van der Waals surface area contributed by atoms with Gasteiger partial charge in [-0.1, -0.05) is 6.92 Å². The number of nitrogens with one attached hydrogen (secondary N) is 1. The molecule has 1 aliphatic heterocycles. The molecule has 7 nitrogen and oxygen atoms in total. The minimum absolute atomic E-state index is 0.701. The van der Waals surface area contributed by atoms with E-state index in [1.807, 2.05) is 4.57 Å². The number of guanidine groups is 1. The number of nitrogens with zero attached hydrogens (tertiary/aromatic N) is 5. The average molecular weight is 223 g/mol. The predicted molar refractivity (Wildman–Crippen MR) is 60.3 cm³/mol. The fraction of sp³-hybridized carbons (Fsp3) is 0.667. The molecule has 0 amide bonds. The minimum atomic E-state index is 0.701. The van der Waals surface area contributed by atoms with Crippen molar-refractivity contribution >= 4 is 5.96 Å². The Morgan fingerprint density at radius 1 is 1.62 bits per heavy atom. The lowest BCUT2D eigenvalue weighted by atomic mass is 10.4. The van der Waals surface area contributed by atoms with Crippen LogP contribution in [0.4, 0.5) is 0 Å². The summed E-state index contributed by atoms with van der Waals surface area (Å²) in [6, 6.07) is 0. The molecular formula is C9H17N7. The quantitative estimate of drug-likeness (QED) is 0.300. The molecule has 0 aromatic carbocycles. The van der Waals surface area contributed by atoms with Crippen molar-refractivity contribution in [1.29, 1.82) is 0 Å². The minimum Gasteiger partial charge on any atom is -0.333 e. The fourth-order valence-corrected chi connectivity index (χ4v) is 1.70. The first kappa shape index (κ1) is 10.9. The lowest BCUT2D eigenvalue weighted by molar-refractivity contribution is 0.319. The normalized spacial score (nSPS) is 16.1. The van der Waals surface area contributed by atoms with Gasteiger partial charge in [-0.3, -0.25) is 10.4 Å². The molecule has 0 spiro atoms. The van der Waals surface area contributed by atoms with Gasteiger partial charge in [0.1, 0.15) is 6.33 Å². The SMILES string of the molecule is CCCN=C(NN)N1CCn2cnnc2C1. The molecule has 0 fully saturated rings. The zero-order valence-corrected chi connectivity index (χ0v) is 9.43. The first-order valence-electron chi connectivity index (χ1n) is 5.48. The average Bonchev–Trinajstić information content (AvgIpc) is 2.77. The molecule has 3 N–H and O–H groups in total. The monoisotopic (exact) mass is 223 g/mol. The maximum atomic E-state index is 5.47. The summed E-state index contributed by atoms with van der Waals surface area (Å²) in [7, 11) is 0. The van der Waals surface area contributed by atoms with Gasteiger partial charge in [0.15, 0.2) is 5.82 Å². The van der Waals surface area contributed by atoms with Crippen LogP contribution in [0.25, 0.3) is 0 Å². The molecule has 2 rings (SSSR count). The third kappa shape index (κ3) is 2.13. The molecule has 0 unspecified atom stereocenters. The topological polar surface area (TPSA) is 84.4 Å². The van der Waals surface area contributed by atoms with Crippen LogP contribution in [-0.4, -0.2) is 38.7 Å². The third-order valence-electron chi connectivity index (χ3n) is 2.55. The van der Waals surface area contributed by atoms with E-state index in [1.54, 1.807) is 6.33 Å². The van der Waals surface area contributed by atoms with Gasteiger partial charge in [0, 0.05) is 19.6 Å². The molecule has 1 aliphatic rings. The first-order valence-corrected chi connectivity index (χ1v) is 5.48.